The van der Waals surface area contributed by atoms with Gasteiger partial charge < -0.3 is 15.4 Å². The number of piperidine rings is 1. The second kappa shape index (κ2) is 8.81. The Hall–Kier alpha value is -4.05. The van der Waals surface area contributed by atoms with E-state index in [2.05, 4.69) is 54.6 Å². The summed E-state index contributed by atoms with van der Waals surface area (Å²) in [5.41, 5.74) is 10.5. The molecule has 3 heterocycles. The van der Waals surface area contributed by atoms with E-state index in [1.54, 1.807) is 12.1 Å². The lowest BCUT2D eigenvalue weighted by Gasteiger charge is -2.42. The van der Waals surface area contributed by atoms with Gasteiger partial charge in [0.2, 0.25) is 5.95 Å². The molecule has 4 N–H and O–H groups in total. The zero-order chi connectivity index (χ0) is 25.7. The van der Waals surface area contributed by atoms with Crippen LogP contribution in [0.2, 0.25) is 0 Å². The van der Waals surface area contributed by atoms with Crippen molar-refractivity contribution in [3.8, 4) is 5.75 Å². The Morgan fingerprint density at radius 3 is 2.73 bits per heavy atom. The summed E-state index contributed by atoms with van der Waals surface area (Å²) in [7, 11) is 0. The van der Waals surface area contributed by atoms with E-state index in [0.29, 0.717) is 22.8 Å². The van der Waals surface area contributed by atoms with Crippen molar-refractivity contribution >= 4 is 22.6 Å². The molecule has 1 atom stereocenters. The highest BCUT2D eigenvalue weighted by molar-refractivity contribution is 5.92. The third-order valence-corrected chi connectivity index (χ3v) is 7.77. The van der Waals surface area contributed by atoms with E-state index in [-0.39, 0.29) is 33.8 Å². The summed E-state index contributed by atoms with van der Waals surface area (Å²) in [6.45, 7) is 2.54. The first-order chi connectivity index (χ1) is 17.8. The van der Waals surface area contributed by atoms with Crippen LogP contribution in [0.5, 0.6) is 5.75 Å². The van der Waals surface area contributed by atoms with Gasteiger partial charge in [0.15, 0.2) is 5.65 Å². The van der Waals surface area contributed by atoms with Crippen molar-refractivity contribution in [2.24, 2.45) is 11.1 Å². The van der Waals surface area contributed by atoms with Gasteiger partial charge in [-0.1, -0.05) is 43.0 Å². The van der Waals surface area contributed by atoms with Crippen LogP contribution < -0.4 is 20.9 Å². The number of ether oxygens (including phenoxy) is 1. The molecule has 190 valence electrons. The number of nitrogens with one attached hydrogen (secondary N) is 2. The van der Waals surface area contributed by atoms with Crippen LogP contribution in [0, 0.1) is 5.41 Å². The number of halogens is 2. The second-order valence-corrected chi connectivity index (χ2v) is 9.77. The number of rotatable bonds is 5. The lowest BCUT2D eigenvalue weighted by molar-refractivity contribution is -0.0498. The first-order valence-corrected chi connectivity index (χ1v) is 12.2. The fourth-order valence-corrected chi connectivity index (χ4v) is 5.76. The van der Waals surface area contributed by atoms with Crippen LogP contribution in [-0.4, -0.2) is 39.9 Å². The Balaban J connectivity index is 1.23. The second-order valence-electron chi connectivity index (χ2n) is 9.77. The van der Waals surface area contributed by atoms with Gasteiger partial charge in [0.1, 0.15) is 11.1 Å². The van der Waals surface area contributed by atoms with Gasteiger partial charge in [-0.05, 0) is 53.5 Å². The fourth-order valence-electron chi connectivity index (χ4n) is 5.76. The maximum absolute atomic E-state index is 13.2. The van der Waals surface area contributed by atoms with Crippen molar-refractivity contribution in [3.05, 3.63) is 87.8 Å². The van der Waals surface area contributed by atoms with Crippen molar-refractivity contribution in [2.45, 2.75) is 31.9 Å². The number of nitrogens with two attached hydrogens (primary N) is 1. The SMILES string of the molecule is C=C(c1cccc(OC(F)F)c1)c1[nH]nc2nc(N3CCC4(CC3)Cc3ccccc3[C@H]4N)[nH]c(=O)c12. The van der Waals surface area contributed by atoms with Crippen LogP contribution in [-0.2, 0) is 6.42 Å². The predicted octanol–water partition coefficient (Wildman–Crippen LogP) is 4.15. The van der Waals surface area contributed by atoms with Crippen LogP contribution in [0.1, 0.15) is 41.3 Å². The number of H-pyrrole nitrogens is 2. The lowest BCUT2D eigenvalue weighted by atomic mass is 9.73. The van der Waals surface area contributed by atoms with E-state index in [9.17, 15) is 13.6 Å². The molecule has 37 heavy (non-hydrogen) atoms. The maximum Gasteiger partial charge on any atom is 0.387 e. The minimum absolute atomic E-state index is 0.000242. The molecule has 8 nitrogen and oxygen atoms in total. The molecule has 6 rings (SSSR count). The molecule has 0 unspecified atom stereocenters. The first kappa shape index (κ1) is 23.4. The third kappa shape index (κ3) is 3.97. The number of aromatic amines is 2. The number of hydrogen-bond acceptors (Lipinski definition) is 6. The summed E-state index contributed by atoms with van der Waals surface area (Å²) in [5.74, 6) is 0.465. The molecular formula is C27H26F2N6O2. The summed E-state index contributed by atoms with van der Waals surface area (Å²) in [5, 5.41) is 7.35. The minimum Gasteiger partial charge on any atom is -0.435 e. The number of nitrogens with zero attached hydrogens (tertiary/aromatic N) is 3. The van der Waals surface area contributed by atoms with Crippen LogP contribution in [0.3, 0.4) is 0 Å². The van der Waals surface area contributed by atoms with Crippen LogP contribution >= 0.6 is 0 Å². The Labute approximate surface area is 211 Å². The average Bonchev–Trinajstić information content (AvgIpc) is 3.44. The van der Waals surface area contributed by atoms with Gasteiger partial charge in [0.05, 0.1) is 5.69 Å². The zero-order valence-electron chi connectivity index (χ0n) is 20.0. The molecule has 1 fully saturated rings. The zero-order valence-corrected chi connectivity index (χ0v) is 20.0. The molecule has 4 aromatic rings. The van der Waals surface area contributed by atoms with Gasteiger partial charge in [-0.2, -0.15) is 18.9 Å². The topological polar surface area (TPSA) is 113 Å². The number of benzene rings is 2. The third-order valence-electron chi connectivity index (χ3n) is 7.77. The number of anilines is 1. The molecule has 10 heteroatoms. The number of hydrogen-bond donors (Lipinski definition) is 3. The highest BCUT2D eigenvalue weighted by Gasteiger charge is 2.46. The van der Waals surface area contributed by atoms with Crippen molar-refractivity contribution in [2.75, 3.05) is 18.0 Å². The molecule has 1 spiro atoms. The predicted molar refractivity (Wildman–Crippen MR) is 137 cm³/mol. The minimum atomic E-state index is -2.94. The lowest BCUT2D eigenvalue weighted by Crippen LogP contribution is -2.45. The molecule has 0 saturated carbocycles. The Kier molecular flexibility index (Phi) is 5.56. The summed E-state index contributed by atoms with van der Waals surface area (Å²) in [4.78, 5) is 22.7. The molecule has 1 aliphatic heterocycles. The Morgan fingerprint density at radius 1 is 1.19 bits per heavy atom. The van der Waals surface area contributed by atoms with Gasteiger partial charge in [-0.15, -0.1) is 0 Å². The smallest absolute Gasteiger partial charge is 0.387 e. The van der Waals surface area contributed by atoms with E-state index in [4.69, 9.17) is 5.73 Å². The Morgan fingerprint density at radius 2 is 1.97 bits per heavy atom. The van der Waals surface area contributed by atoms with Crippen molar-refractivity contribution in [3.63, 3.8) is 0 Å². The monoisotopic (exact) mass is 504 g/mol. The molecule has 2 aliphatic rings. The van der Waals surface area contributed by atoms with Crippen molar-refractivity contribution in [1.82, 2.24) is 20.2 Å². The maximum atomic E-state index is 13.2. The van der Waals surface area contributed by atoms with E-state index < -0.39 is 6.61 Å². The number of fused-ring (bicyclic) bond motifs is 2. The van der Waals surface area contributed by atoms with Gasteiger partial charge in [-0.25, -0.2) is 0 Å². The van der Waals surface area contributed by atoms with Crippen LogP contribution in [0.4, 0.5) is 14.7 Å². The molecule has 0 bridgehead atoms. The summed E-state index contributed by atoms with van der Waals surface area (Å²) in [6, 6.07) is 14.5. The van der Waals surface area contributed by atoms with Gasteiger partial charge >= 0.3 is 6.61 Å². The molecule has 2 aromatic heterocycles. The van der Waals surface area contributed by atoms with Crippen molar-refractivity contribution in [1.29, 1.82) is 0 Å². The number of alkyl halides is 2. The molecule has 1 aliphatic carbocycles. The van der Waals surface area contributed by atoms with Crippen molar-refractivity contribution < 1.29 is 13.5 Å². The van der Waals surface area contributed by atoms with Crippen LogP contribution in [0.15, 0.2) is 59.9 Å². The highest BCUT2D eigenvalue weighted by atomic mass is 19.3. The van der Waals surface area contributed by atoms with E-state index >= 15 is 0 Å². The summed E-state index contributed by atoms with van der Waals surface area (Å²) >= 11 is 0. The van der Waals surface area contributed by atoms with Gasteiger partial charge in [0, 0.05) is 24.7 Å². The molecular weight excluding hydrogens is 478 g/mol. The highest BCUT2D eigenvalue weighted by Crippen LogP contribution is 2.50. The first-order valence-electron chi connectivity index (χ1n) is 12.2. The van der Waals surface area contributed by atoms with Gasteiger partial charge in [0.25, 0.3) is 5.56 Å². The normalized spacial score (nSPS) is 18.5. The molecule has 1 saturated heterocycles. The summed E-state index contributed by atoms with van der Waals surface area (Å²) in [6.07, 6.45) is 2.75. The quantitative estimate of drug-likeness (QED) is 0.376. The molecule has 0 radical (unpaired) electrons. The standard InChI is InChI=1S/C27H26F2N6O2/c1-15(16-6-4-7-18(13-16)37-25(28)29)21-20-23(34-33-21)31-26(32-24(20)36)35-11-9-27(10-12-35)14-17-5-2-3-8-19(17)22(27)30/h2-8,13,22,25H,1,9-12,14,30H2,(H2,31,32,33,34,36)/t22-/m1/s1. The van der Waals surface area contributed by atoms with Crippen LogP contribution in [0.25, 0.3) is 16.6 Å². The molecule has 0 amide bonds. The fraction of sp³-hybridized carbons (Fsp3) is 0.296. The average molecular weight is 505 g/mol. The largest absolute Gasteiger partial charge is 0.435 e. The molecule has 2 aromatic carbocycles. The van der Waals surface area contributed by atoms with E-state index in [1.807, 2.05) is 6.07 Å². The summed E-state index contributed by atoms with van der Waals surface area (Å²) < 4.78 is 29.7. The Bertz CT molecular complexity index is 1550. The van der Waals surface area contributed by atoms with Gasteiger partial charge in [-0.3, -0.25) is 14.9 Å². The number of aromatic nitrogens is 4. The van der Waals surface area contributed by atoms with E-state index in [0.717, 1.165) is 32.4 Å². The van der Waals surface area contributed by atoms with E-state index in [1.165, 1.54) is 23.3 Å².